The molecule has 5 rings (SSSR count). The molecule has 0 bridgehead atoms. The van der Waals surface area contributed by atoms with E-state index >= 15 is 0 Å². The summed E-state index contributed by atoms with van der Waals surface area (Å²) in [5.41, 5.74) is 3.74. The number of anilines is 2. The molecule has 0 radical (unpaired) electrons. The molecular weight excluding hydrogens is 468 g/mol. The van der Waals surface area contributed by atoms with Gasteiger partial charge in [0, 0.05) is 44.0 Å². The van der Waals surface area contributed by atoms with Gasteiger partial charge in [-0.3, -0.25) is 4.79 Å². The van der Waals surface area contributed by atoms with Crippen molar-refractivity contribution in [3.63, 3.8) is 0 Å². The van der Waals surface area contributed by atoms with Gasteiger partial charge in [0.2, 0.25) is 0 Å². The van der Waals surface area contributed by atoms with Crippen LogP contribution < -0.4 is 10.2 Å². The summed E-state index contributed by atoms with van der Waals surface area (Å²) in [6.07, 6.45) is 1.44. The van der Waals surface area contributed by atoms with Crippen molar-refractivity contribution in [2.24, 2.45) is 0 Å². The maximum absolute atomic E-state index is 13.2. The Balaban J connectivity index is 1.29. The van der Waals surface area contributed by atoms with Gasteiger partial charge in [0.15, 0.2) is 5.65 Å². The lowest BCUT2D eigenvalue weighted by atomic mass is 10.2. The van der Waals surface area contributed by atoms with Gasteiger partial charge in [-0.2, -0.15) is 5.10 Å². The molecule has 1 fully saturated rings. The van der Waals surface area contributed by atoms with E-state index in [1.165, 1.54) is 0 Å². The van der Waals surface area contributed by atoms with Crippen LogP contribution in [0.4, 0.5) is 16.2 Å². The fourth-order valence-electron chi connectivity index (χ4n) is 4.25. The number of ether oxygens (including phenoxy) is 1. The van der Waals surface area contributed by atoms with Crippen LogP contribution in [0.5, 0.6) is 0 Å². The summed E-state index contributed by atoms with van der Waals surface area (Å²) in [6.45, 7) is 7.94. The van der Waals surface area contributed by atoms with E-state index in [2.05, 4.69) is 20.3 Å². The van der Waals surface area contributed by atoms with E-state index in [0.717, 1.165) is 16.9 Å². The Hall–Kier alpha value is -4.40. The van der Waals surface area contributed by atoms with Crippen LogP contribution in [0, 0.1) is 0 Å². The smallest absolute Gasteiger partial charge is 0.410 e. The molecule has 1 N–H and O–H groups in total. The Labute approximate surface area is 215 Å². The van der Waals surface area contributed by atoms with Gasteiger partial charge in [-0.15, -0.1) is 0 Å². The highest BCUT2D eigenvalue weighted by Gasteiger charge is 2.27. The van der Waals surface area contributed by atoms with Crippen molar-refractivity contribution in [1.29, 1.82) is 0 Å². The Morgan fingerprint density at radius 3 is 2.35 bits per heavy atom. The van der Waals surface area contributed by atoms with Crippen LogP contribution in [-0.4, -0.2) is 63.3 Å². The molecule has 0 aliphatic carbocycles. The van der Waals surface area contributed by atoms with Gasteiger partial charge in [-0.05, 0) is 39.0 Å². The minimum Gasteiger partial charge on any atom is -0.444 e. The first-order valence-electron chi connectivity index (χ1n) is 12.3. The molecule has 37 heavy (non-hydrogen) atoms. The molecule has 3 heterocycles. The number of benzene rings is 2. The summed E-state index contributed by atoms with van der Waals surface area (Å²) < 4.78 is 7.16. The topological polar surface area (TPSA) is 92.1 Å². The van der Waals surface area contributed by atoms with Crippen molar-refractivity contribution in [3.05, 3.63) is 78.6 Å². The molecule has 2 aromatic carbocycles. The molecule has 0 atom stereocenters. The monoisotopic (exact) mass is 498 g/mol. The largest absolute Gasteiger partial charge is 0.444 e. The molecule has 0 spiro atoms. The highest BCUT2D eigenvalue weighted by Crippen LogP contribution is 2.27. The van der Waals surface area contributed by atoms with E-state index in [9.17, 15) is 9.59 Å². The number of hydrogen-bond acceptors (Lipinski definition) is 6. The summed E-state index contributed by atoms with van der Waals surface area (Å²) in [6, 6.07) is 21.0. The highest BCUT2D eigenvalue weighted by molar-refractivity contribution is 6.05. The zero-order valence-electron chi connectivity index (χ0n) is 21.2. The lowest BCUT2D eigenvalue weighted by Gasteiger charge is -2.37. The molecular formula is C28H30N6O3. The van der Waals surface area contributed by atoms with Crippen molar-refractivity contribution < 1.29 is 14.3 Å². The number of nitrogens with one attached hydrogen (secondary N) is 1. The molecule has 9 nitrogen and oxygen atoms in total. The molecule has 190 valence electrons. The number of rotatable bonds is 4. The van der Waals surface area contributed by atoms with Crippen LogP contribution in [0.25, 0.3) is 16.9 Å². The van der Waals surface area contributed by atoms with Crippen LogP contribution in [0.1, 0.15) is 31.3 Å². The maximum Gasteiger partial charge on any atom is 0.410 e. The predicted molar refractivity (Wildman–Crippen MR) is 143 cm³/mol. The molecule has 1 aliphatic heterocycles. The Morgan fingerprint density at radius 2 is 1.62 bits per heavy atom. The molecule has 4 aromatic rings. The third kappa shape index (κ3) is 5.55. The second-order valence-electron chi connectivity index (χ2n) is 9.94. The number of nitrogens with zero attached hydrogens (tertiary/aromatic N) is 5. The third-order valence-electron chi connectivity index (χ3n) is 6.05. The first-order chi connectivity index (χ1) is 17.8. The highest BCUT2D eigenvalue weighted by atomic mass is 16.6. The van der Waals surface area contributed by atoms with Crippen molar-refractivity contribution in [3.8, 4) is 11.3 Å². The van der Waals surface area contributed by atoms with Crippen molar-refractivity contribution in [1.82, 2.24) is 19.5 Å². The number of amides is 2. The normalized spacial score (nSPS) is 14.0. The van der Waals surface area contributed by atoms with Crippen molar-refractivity contribution >= 4 is 29.0 Å². The van der Waals surface area contributed by atoms with E-state index in [-0.39, 0.29) is 12.0 Å². The number of carbonyl (C=O) groups excluding carboxylic acids is 2. The first-order valence-corrected chi connectivity index (χ1v) is 12.3. The van der Waals surface area contributed by atoms with E-state index in [4.69, 9.17) is 4.74 Å². The summed E-state index contributed by atoms with van der Waals surface area (Å²) in [5.74, 6) is -0.301. The van der Waals surface area contributed by atoms with E-state index in [0.29, 0.717) is 43.2 Å². The number of para-hydroxylation sites is 2. The van der Waals surface area contributed by atoms with Crippen LogP contribution in [0.2, 0.25) is 0 Å². The number of fused-ring (bicyclic) bond motifs is 1. The minimum absolute atomic E-state index is 0.300. The average Bonchev–Trinajstić information content (AvgIpc) is 3.32. The molecule has 2 amide bonds. The van der Waals surface area contributed by atoms with Crippen molar-refractivity contribution in [2.75, 3.05) is 36.4 Å². The lowest BCUT2D eigenvalue weighted by Crippen LogP contribution is -2.50. The minimum atomic E-state index is -0.526. The predicted octanol–water partition coefficient (Wildman–Crippen LogP) is 4.71. The van der Waals surface area contributed by atoms with Gasteiger partial charge >= 0.3 is 6.09 Å². The fourth-order valence-corrected chi connectivity index (χ4v) is 4.25. The zero-order valence-corrected chi connectivity index (χ0v) is 21.2. The lowest BCUT2D eigenvalue weighted by molar-refractivity contribution is 0.0240. The summed E-state index contributed by atoms with van der Waals surface area (Å²) >= 11 is 0. The van der Waals surface area contributed by atoms with Crippen LogP contribution in [0.3, 0.4) is 0 Å². The second kappa shape index (κ2) is 9.93. The van der Waals surface area contributed by atoms with Gasteiger partial charge in [-0.25, -0.2) is 14.3 Å². The Morgan fingerprint density at radius 1 is 0.919 bits per heavy atom. The third-order valence-corrected chi connectivity index (χ3v) is 6.05. The van der Waals surface area contributed by atoms with Gasteiger partial charge in [0.05, 0.1) is 17.1 Å². The molecule has 1 aliphatic rings. The number of carbonyl (C=O) groups is 2. The average molecular weight is 499 g/mol. The van der Waals surface area contributed by atoms with Gasteiger partial charge in [0.1, 0.15) is 11.3 Å². The molecule has 0 unspecified atom stereocenters. The summed E-state index contributed by atoms with van der Waals surface area (Å²) in [4.78, 5) is 34.0. The van der Waals surface area contributed by atoms with E-state index in [1.807, 2.05) is 81.4 Å². The quantitative estimate of drug-likeness (QED) is 0.438. The second-order valence-corrected chi connectivity index (χ2v) is 9.94. The maximum atomic E-state index is 13.2. The summed E-state index contributed by atoms with van der Waals surface area (Å²) in [7, 11) is 0. The molecule has 2 aromatic heterocycles. The van der Waals surface area contributed by atoms with E-state index in [1.54, 1.807) is 21.7 Å². The standard InChI is InChI=1S/C28H30N6O3/c1-28(2,3)37-27(36)33-17-15-32(16-18-33)24-12-8-7-11-21(24)30-26(35)22-13-14-34-25(29-22)19-23(31-34)20-9-5-4-6-10-20/h4-14,19H,15-18H2,1-3H3,(H,30,35). The zero-order chi connectivity index (χ0) is 26.0. The number of hydrogen-bond donors (Lipinski definition) is 1. The fraction of sp³-hybridized carbons (Fsp3) is 0.286. The molecule has 0 saturated carbocycles. The van der Waals surface area contributed by atoms with Crippen LogP contribution in [0.15, 0.2) is 72.9 Å². The molecule has 1 saturated heterocycles. The number of piperazine rings is 1. The van der Waals surface area contributed by atoms with Gasteiger partial charge in [0.25, 0.3) is 5.91 Å². The van der Waals surface area contributed by atoms with Crippen molar-refractivity contribution in [2.45, 2.75) is 26.4 Å². The van der Waals surface area contributed by atoms with Gasteiger partial charge in [-0.1, -0.05) is 42.5 Å². The van der Waals surface area contributed by atoms with Crippen LogP contribution in [-0.2, 0) is 4.74 Å². The summed E-state index contributed by atoms with van der Waals surface area (Å²) in [5, 5.41) is 7.57. The first kappa shape index (κ1) is 24.3. The van der Waals surface area contributed by atoms with Crippen LogP contribution >= 0.6 is 0 Å². The van der Waals surface area contributed by atoms with Gasteiger partial charge < -0.3 is 19.9 Å². The Kier molecular flexibility index (Phi) is 6.52. The van der Waals surface area contributed by atoms with E-state index < -0.39 is 5.60 Å². The SMILES string of the molecule is CC(C)(C)OC(=O)N1CCN(c2ccccc2NC(=O)c2ccn3nc(-c4ccccc4)cc3n2)CC1. The Bertz CT molecular complexity index is 1420. The molecule has 9 heteroatoms. The number of aromatic nitrogens is 3.